The molecule has 0 unspecified atom stereocenters. The lowest BCUT2D eigenvalue weighted by Gasteiger charge is -2.26. The van der Waals surface area contributed by atoms with E-state index in [0.717, 1.165) is 16.9 Å². The molecule has 0 saturated heterocycles. The van der Waals surface area contributed by atoms with Gasteiger partial charge < -0.3 is 9.47 Å². The summed E-state index contributed by atoms with van der Waals surface area (Å²) >= 11 is 1.16. The number of amides is 1. The van der Waals surface area contributed by atoms with Gasteiger partial charge in [-0.05, 0) is 16.5 Å². The summed E-state index contributed by atoms with van der Waals surface area (Å²) < 4.78 is 10.1. The lowest BCUT2D eigenvalue weighted by molar-refractivity contribution is -0.117. The second kappa shape index (κ2) is 6.84. The summed E-state index contributed by atoms with van der Waals surface area (Å²) in [4.78, 5) is 37.8. The second-order valence-corrected chi connectivity index (χ2v) is 6.15. The molecule has 0 N–H and O–H groups in total. The van der Waals surface area contributed by atoms with Crippen molar-refractivity contribution in [1.29, 1.82) is 0 Å². The number of methoxy groups -OCH3 is 1. The lowest BCUT2D eigenvalue weighted by atomic mass is 10.0. The van der Waals surface area contributed by atoms with E-state index in [0.29, 0.717) is 16.1 Å². The van der Waals surface area contributed by atoms with Gasteiger partial charge in [0, 0.05) is 6.42 Å². The topological polar surface area (TPSA) is 72.9 Å². The van der Waals surface area contributed by atoms with Crippen molar-refractivity contribution >= 4 is 34.9 Å². The molecule has 1 aliphatic rings. The molecule has 3 rings (SSSR count). The van der Waals surface area contributed by atoms with Crippen LogP contribution in [0.1, 0.15) is 20.8 Å². The zero-order valence-electron chi connectivity index (χ0n) is 13.0. The SMILES string of the molecule is COC(=O)c1scc2c1N(C(=O)OCc1ccccc1)CC(=O)C2. The van der Waals surface area contributed by atoms with Crippen molar-refractivity contribution in [2.24, 2.45) is 0 Å². The van der Waals surface area contributed by atoms with Crippen molar-refractivity contribution < 1.29 is 23.9 Å². The molecule has 6 nitrogen and oxygen atoms in total. The van der Waals surface area contributed by atoms with Crippen molar-refractivity contribution in [2.45, 2.75) is 13.0 Å². The molecular weight excluding hydrogens is 330 g/mol. The molecule has 1 aromatic carbocycles. The first-order valence-electron chi connectivity index (χ1n) is 7.28. The Morgan fingerprint density at radius 3 is 2.71 bits per heavy atom. The molecule has 0 radical (unpaired) electrons. The molecule has 1 aromatic heterocycles. The highest BCUT2D eigenvalue weighted by molar-refractivity contribution is 7.12. The predicted octanol–water partition coefficient (Wildman–Crippen LogP) is 2.80. The Morgan fingerprint density at radius 2 is 2.00 bits per heavy atom. The number of hydrogen-bond acceptors (Lipinski definition) is 6. The molecule has 0 aliphatic carbocycles. The van der Waals surface area contributed by atoms with Crippen molar-refractivity contribution in [3.63, 3.8) is 0 Å². The van der Waals surface area contributed by atoms with Gasteiger partial charge >= 0.3 is 12.1 Å². The average Bonchev–Trinajstić information content (AvgIpc) is 3.02. The molecule has 2 heterocycles. The van der Waals surface area contributed by atoms with E-state index in [4.69, 9.17) is 9.47 Å². The number of fused-ring (bicyclic) bond motifs is 1. The molecule has 2 aromatic rings. The van der Waals surface area contributed by atoms with E-state index in [1.54, 1.807) is 5.38 Å². The number of anilines is 1. The number of ether oxygens (including phenoxy) is 2. The van der Waals surface area contributed by atoms with Gasteiger partial charge in [-0.1, -0.05) is 30.3 Å². The van der Waals surface area contributed by atoms with Gasteiger partial charge in [0.1, 0.15) is 11.5 Å². The van der Waals surface area contributed by atoms with E-state index in [1.165, 1.54) is 12.0 Å². The molecule has 1 aliphatic heterocycles. The number of hydrogen-bond donors (Lipinski definition) is 0. The molecule has 0 spiro atoms. The van der Waals surface area contributed by atoms with E-state index in [9.17, 15) is 14.4 Å². The van der Waals surface area contributed by atoms with E-state index in [1.807, 2.05) is 30.3 Å². The monoisotopic (exact) mass is 345 g/mol. The van der Waals surface area contributed by atoms with Crippen molar-refractivity contribution in [1.82, 2.24) is 0 Å². The largest absolute Gasteiger partial charge is 0.465 e. The summed E-state index contributed by atoms with van der Waals surface area (Å²) in [5.74, 6) is -0.634. The summed E-state index contributed by atoms with van der Waals surface area (Å²) in [6.45, 7) is -0.0151. The summed E-state index contributed by atoms with van der Waals surface area (Å²) in [5.41, 5.74) is 1.91. The fraction of sp³-hybridized carbons (Fsp3) is 0.235. The number of thiophene rings is 1. The number of rotatable bonds is 3. The van der Waals surface area contributed by atoms with Crippen LogP contribution >= 0.6 is 11.3 Å². The quantitative estimate of drug-likeness (QED) is 0.800. The number of esters is 1. The minimum Gasteiger partial charge on any atom is -0.465 e. The summed E-state index contributed by atoms with van der Waals surface area (Å²) in [6.07, 6.45) is -0.456. The number of ketones is 1. The molecule has 7 heteroatoms. The van der Waals surface area contributed by atoms with Crippen LogP contribution in [0.4, 0.5) is 10.5 Å². The predicted molar refractivity (Wildman–Crippen MR) is 88.3 cm³/mol. The number of Topliss-reactive ketones (excluding diaryl/α,β-unsaturated/α-hetero) is 1. The third kappa shape index (κ3) is 3.16. The first-order valence-corrected chi connectivity index (χ1v) is 8.16. The number of benzene rings is 1. The van der Waals surface area contributed by atoms with Crippen molar-refractivity contribution in [3.8, 4) is 0 Å². The van der Waals surface area contributed by atoms with E-state index >= 15 is 0 Å². The Kier molecular flexibility index (Phi) is 4.61. The Hall–Kier alpha value is -2.67. The Bertz CT molecular complexity index is 784. The van der Waals surface area contributed by atoms with E-state index in [2.05, 4.69) is 0 Å². The molecule has 0 atom stereocenters. The van der Waals surface area contributed by atoms with Gasteiger partial charge in [0.25, 0.3) is 0 Å². The highest BCUT2D eigenvalue weighted by atomic mass is 32.1. The normalized spacial score (nSPS) is 13.4. The van der Waals surface area contributed by atoms with Gasteiger partial charge in [-0.15, -0.1) is 11.3 Å². The maximum Gasteiger partial charge on any atom is 0.415 e. The minimum absolute atomic E-state index is 0.0946. The molecule has 0 fully saturated rings. The van der Waals surface area contributed by atoms with Crippen LogP contribution in [0, 0.1) is 0 Å². The maximum absolute atomic E-state index is 12.4. The first-order chi connectivity index (χ1) is 11.6. The Balaban J connectivity index is 1.83. The van der Waals surface area contributed by atoms with E-state index in [-0.39, 0.29) is 25.4 Å². The number of nitrogens with zero attached hydrogens (tertiary/aromatic N) is 1. The highest BCUT2D eigenvalue weighted by Gasteiger charge is 2.34. The average molecular weight is 345 g/mol. The fourth-order valence-electron chi connectivity index (χ4n) is 2.52. The van der Waals surface area contributed by atoms with Crippen molar-refractivity contribution in [3.05, 3.63) is 51.7 Å². The fourth-order valence-corrected chi connectivity index (χ4v) is 3.51. The summed E-state index contributed by atoms with van der Waals surface area (Å²) in [7, 11) is 1.28. The Labute approximate surface area is 142 Å². The molecule has 0 saturated carbocycles. The third-order valence-corrected chi connectivity index (χ3v) is 4.62. The van der Waals surface area contributed by atoms with Crippen LogP contribution in [0.2, 0.25) is 0 Å². The zero-order valence-corrected chi connectivity index (χ0v) is 13.8. The molecule has 1 amide bonds. The molecular formula is C17H15NO5S. The highest BCUT2D eigenvalue weighted by Crippen LogP contribution is 2.36. The number of carbonyl (C=O) groups excluding carboxylic acids is 3. The van der Waals surface area contributed by atoms with Gasteiger partial charge in [-0.25, -0.2) is 9.59 Å². The maximum atomic E-state index is 12.4. The van der Waals surface area contributed by atoms with Crippen LogP contribution in [0.5, 0.6) is 0 Å². The van der Waals surface area contributed by atoms with E-state index < -0.39 is 12.1 Å². The van der Waals surface area contributed by atoms with Crippen LogP contribution in [-0.4, -0.2) is 31.5 Å². The third-order valence-electron chi connectivity index (χ3n) is 3.63. The van der Waals surface area contributed by atoms with Gasteiger partial charge in [-0.3, -0.25) is 9.69 Å². The zero-order chi connectivity index (χ0) is 17.1. The minimum atomic E-state index is -0.656. The second-order valence-electron chi connectivity index (χ2n) is 5.27. The molecule has 124 valence electrons. The van der Waals surface area contributed by atoms with Gasteiger partial charge in [-0.2, -0.15) is 0 Å². The van der Waals surface area contributed by atoms with Crippen LogP contribution in [0.15, 0.2) is 35.7 Å². The van der Waals surface area contributed by atoms with Gasteiger partial charge in [0.2, 0.25) is 0 Å². The molecule has 0 bridgehead atoms. The Morgan fingerprint density at radius 1 is 1.25 bits per heavy atom. The van der Waals surface area contributed by atoms with Crippen LogP contribution in [-0.2, 0) is 27.3 Å². The smallest absolute Gasteiger partial charge is 0.415 e. The van der Waals surface area contributed by atoms with Gasteiger partial charge in [0.05, 0.1) is 19.3 Å². The first kappa shape index (κ1) is 16.2. The van der Waals surface area contributed by atoms with Crippen LogP contribution in [0.25, 0.3) is 0 Å². The van der Waals surface area contributed by atoms with Gasteiger partial charge in [0.15, 0.2) is 5.78 Å². The number of carbonyl (C=O) groups is 3. The standard InChI is InChI=1S/C17H15NO5S/c1-22-16(20)15-14-12(10-24-15)7-13(19)8-18(14)17(21)23-9-11-5-3-2-4-6-11/h2-6,10H,7-9H2,1H3. The van der Waals surface area contributed by atoms with Crippen LogP contribution < -0.4 is 4.90 Å². The summed E-state index contributed by atoms with van der Waals surface area (Å²) in [5, 5.41) is 1.70. The van der Waals surface area contributed by atoms with Crippen molar-refractivity contribution in [2.75, 3.05) is 18.6 Å². The molecule has 24 heavy (non-hydrogen) atoms. The summed E-state index contributed by atoms with van der Waals surface area (Å²) in [6, 6.07) is 9.24. The van der Waals surface area contributed by atoms with Crippen LogP contribution in [0.3, 0.4) is 0 Å². The lowest BCUT2D eigenvalue weighted by Crippen LogP contribution is -2.40.